The molecule has 0 aliphatic heterocycles. The largest absolute Gasteiger partial charge is 0.673 e. The lowest BCUT2D eigenvalue weighted by Gasteiger charge is -1.94. The normalized spacial score (nSPS) is 18.1. The van der Waals surface area contributed by atoms with Crippen LogP contribution in [0, 0.1) is 0 Å². The first-order valence-electron chi connectivity index (χ1n) is 7.47. The predicted octanol–water partition coefficient (Wildman–Crippen LogP) is 6.65. The molecule has 5 heteroatoms. The Balaban J connectivity index is 0.000000296. The second-order valence-corrected chi connectivity index (χ2v) is 4.69. The van der Waals surface area contributed by atoms with Gasteiger partial charge in [-0.15, -0.1) is 0 Å². The lowest BCUT2D eigenvalue weighted by Crippen LogP contribution is -2.02. The molecule has 0 amide bonds. The van der Waals surface area contributed by atoms with Crippen LogP contribution in [0.2, 0.25) is 0 Å². The van der Waals surface area contributed by atoms with Crippen molar-refractivity contribution in [3.8, 4) is 0 Å². The van der Waals surface area contributed by atoms with E-state index in [1.165, 1.54) is 51.4 Å². The van der Waals surface area contributed by atoms with Crippen molar-refractivity contribution in [2.24, 2.45) is 0 Å². The van der Waals surface area contributed by atoms with Gasteiger partial charge in [-0.2, -0.15) is 0 Å². The standard InChI is InChI=1S/2C8H12.BF4/c2*1-2-4-6-8-7-5-3-1;2-1(3,4)5/h2*1-2,7-8H,3-6H2;/q;;-1. The molecule has 0 fully saturated rings. The van der Waals surface area contributed by atoms with E-state index < -0.39 is 7.25 Å². The average molecular weight is 303 g/mol. The second kappa shape index (κ2) is 13.7. The predicted molar refractivity (Wildman–Crippen MR) is 83.7 cm³/mol. The van der Waals surface area contributed by atoms with E-state index in [4.69, 9.17) is 0 Å². The van der Waals surface area contributed by atoms with Crippen LogP contribution in [0.5, 0.6) is 0 Å². The summed E-state index contributed by atoms with van der Waals surface area (Å²) in [5.74, 6) is 0. The second-order valence-electron chi connectivity index (χ2n) is 4.69. The first-order valence-corrected chi connectivity index (χ1v) is 7.47. The molecular formula is C16H24BF4-. The fraction of sp³-hybridized carbons (Fsp3) is 0.500. The Morgan fingerprint density at radius 2 is 0.476 bits per heavy atom. The first kappa shape index (κ1) is 19.7. The smallest absolute Gasteiger partial charge is 0.418 e. The summed E-state index contributed by atoms with van der Waals surface area (Å²) >= 11 is 0. The summed E-state index contributed by atoms with van der Waals surface area (Å²) < 4.78 is 39.0. The van der Waals surface area contributed by atoms with E-state index in [0.29, 0.717) is 0 Å². The highest BCUT2D eigenvalue weighted by Crippen LogP contribution is 2.06. The molecule has 0 aromatic rings. The van der Waals surface area contributed by atoms with Crippen LogP contribution in [-0.4, -0.2) is 7.25 Å². The molecule has 0 spiro atoms. The molecule has 0 heterocycles. The maximum atomic E-state index is 9.75. The molecule has 0 nitrogen and oxygen atoms in total. The van der Waals surface area contributed by atoms with Crippen molar-refractivity contribution in [3.63, 3.8) is 0 Å². The minimum Gasteiger partial charge on any atom is -0.418 e. The molecular weight excluding hydrogens is 279 g/mol. The fourth-order valence-corrected chi connectivity index (χ4v) is 1.71. The van der Waals surface area contributed by atoms with Crippen molar-refractivity contribution in [1.29, 1.82) is 0 Å². The van der Waals surface area contributed by atoms with E-state index in [-0.39, 0.29) is 0 Å². The fourth-order valence-electron chi connectivity index (χ4n) is 1.71. The minimum atomic E-state index is -6.00. The molecule has 0 bridgehead atoms. The molecule has 0 saturated carbocycles. The zero-order valence-corrected chi connectivity index (χ0v) is 12.4. The topological polar surface area (TPSA) is 0 Å². The van der Waals surface area contributed by atoms with Crippen molar-refractivity contribution >= 4 is 7.25 Å². The van der Waals surface area contributed by atoms with Crippen LogP contribution in [-0.2, 0) is 0 Å². The summed E-state index contributed by atoms with van der Waals surface area (Å²) in [5, 5.41) is 0. The van der Waals surface area contributed by atoms with Crippen LogP contribution in [0.3, 0.4) is 0 Å². The van der Waals surface area contributed by atoms with Crippen molar-refractivity contribution < 1.29 is 17.3 Å². The Hall–Kier alpha value is -1.26. The van der Waals surface area contributed by atoms with Crippen LogP contribution < -0.4 is 0 Å². The van der Waals surface area contributed by atoms with Crippen molar-refractivity contribution in [2.75, 3.05) is 0 Å². The van der Waals surface area contributed by atoms with Crippen LogP contribution >= 0.6 is 0 Å². The highest BCUT2D eigenvalue weighted by molar-refractivity contribution is 6.50. The summed E-state index contributed by atoms with van der Waals surface area (Å²) in [5.41, 5.74) is 0. The van der Waals surface area contributed by atoms with E-state index in [0.717, 1.165) is 0 Å². The van der Waals surface area contributed by atoms with Gasteiger partial charge in [0.2, 0.25) is 0 Å². The summed E-state index contributed by atoms with van der Waals surface area (Å²) in [6.45, 7) is 0. The van der Waals surface area contributed by atoms with Crippen LogP contribution in [0.1, 0.15) is 51.4 Å². The summed E-state index contributed by atoms with van der Waals surface area (Å²) in [7, 11) is -6.00. The Labute approximate surface area is 125 Å². The zero-order valence-electron chi connectivity index (χ0n) is 12.4. The van der Waals surface area contributed by atoms with E-state index in [9.17, 15) is 17.3 Å². The molecule has 2 aliphatic rings. The van der Waals surface area contributed by atoms with Gasteiger partial charge in [0.25, 0.3) is 0 Å². The van der Waals surface area contributed by atoms with E-state index in [1.54, 1.807) is 0 Å². The maximum absolute atomic E-state index is 9.75. The van der Waals surface area contributed by atoms with Crippen LogP contribution in [0.15, 0.2) is 48.6 Å². The molecule has 0 unspecified atom stereocenters. The molecule has 0 N–H and O–H groups in total. The highest BCUT2D eigenvalue weighted by Gasteiger charge is 2.20. The molecule has 0 atom stereocenters. The molecule has 120 valence electrons. The molecule has 0 aromatic carbocycles. The first-order chi connectivity index (χ1) is 10.0. The summed E-state index contributed by atoms with van der Waals surface area (Å²) in [6.07, 6.45) is 28.0. The SMILES string of the molecule is C1=CCCC=CCC1.C1=CCCC=CCC1.F[B-](F)(F)F. The maximum Gasteiger partial charge on any atom is 0.673 e. The highest BCUT2D eigenvalue weighted by atomic mass is 19.5. The van der Waals surface area contributed by atoms with E-state index in [1.807, 2.05) is 0 Å². The van der Waals surface area contributed by atoms with Crippen molar-refractivity contribution in [2.45, 2.75) is 51.4 Å². The Morgan fingerprint density at radius 1 is 0.381 bits per heavy atom. The molecule has 0 radical (unpaired) electrons. The third-order valence-corrected chi connectivity index (χ3v) is 2.67. The summed E-state index contributed by atoms with van der Waals surface area (Å²) in [4.78, 5) is 0. The van der Waals surface area contributed by atoms with Crippen LogP contribution in [0.4, 0.5) is 17.3 Å². The van der Waals surface area contributed by atoms with Gasteiger partial charge in [-0.05, 0) is 51.4 Å². The summed E-state index contributed by atoms with van der Waals surface area (Å²) in [6, 6.07) is 0. The number of hydrogen-bond acceptors (Lipinski definition) is 0. The average Bonchev–Trinajstić information content (AvgIpc) is 2.24. The lowest BCUT2D eigenvalue weighted by molar-refractivity contribution is 0.368. The van der Waals surface area contributed by atoms with E-state index >= 15 is 0 Å². The number of halogens is 4. The molecule has 21 heavy (non-hydrogen) atoms. The Kier molecular flexibility index (Phi) is 12.9. The minimum absolute atomic E-state index is 1.23. The van der Waals surface area contributed by atoms with Gasteiger partial charge in [-0.1, -0.05) is 48.6 Å². The number of hydrogen-bond donors (Lipinski definition) is 0. The number of allylic oxidation sites excluding steroid dienone is 8. The Bertz CT molecular complexity index is 255. The quantitative estimate of drug-likeness (QED) is 0.267. The number of rotatable bonds is 0. The van der Waals surface area contributed by atoms with Gasteiger partial charge >= 0.3 is 7.25 Å². The van der Waals surface area contributed by atoms with Gasteiger partial charge in [0, 0.05) is 0 Å². The van der Waals surface area contributed by atoms with Crippen molar-refractivity contribution in [1.82, 2.24) is 0 Å². The molecule has 0 saturated heterocycles. The molecule has 2 aliphatic carbocycles. The molecule has 2 rings (SSSR count). The molecule has 0 aromatic heterocycles. The van der Waals surface area contributed by atoms with Crippen molar-refractivity contribution in [3.05, 3.63) is 48.6 Å². The van der Waals surface area contributed by atoms with Gasteiger partial charge in [0.05, 0.1) is 0 Å². The lowest BCUT2D eigenvalue weighted by atomic mass is 10.1. The van der Waals surface area contributed by atoms with Gasteiger partial charge in [0.15, 0.2) is 0 Å². The monoisotopic (exact) mass is 303 g/mol. The van der Waals surface area contributed by atoms with Gasteiger partial charge in [0.1, 0.15) is 0 Å². The Morgan fingerprint density at radius 3 is 0.571 bits per heavy atom. The van der Waals surface area contributed by atoms with Gasteiger partial charge in [-0.3, -0.25) is 0 Å². The third kappa shape index (κ3) is 24.2. The van der Waals surface area contributed by atoms with E-state index in [2.05, 4.69) is 48.6 Å². The zero-order chi connectivity index (χ0) is 15.8. The van der Waals surface area contributed by atoms with Gasteiger partial charge in [-0.25, -0.2) is 0 Å². The third-order valence-electron chi connectivity index (χ3n) is 2.67. The van der Waals surface area contributed by atoms with Crippen LogP contribution in [0.25, 0.3) is 0 Å². The van der Waals surface area contributed by atoms with Gasteiger partial charge < -0.3 is 17.3 Å².